The van der Waals surface area contributed by atoms with Crippen LogP contribution in [0.2, 0.25) is 5.15 Å². The monoisotopic (exact) mass is 221 g/mol. The van der Waals surface area contributed by atoms with E-state index in [9.17, 15) is 0 Å². The number of imidazole rings is 1. The second-order valence-electron chi connectivity index (χ2n) is 3.96. The van der Waals surface area contributed by atoms with Gasteiger partial charge in [-0.3, -0.25) is 4.40 Å². The fraction of sp³-hybridized carbons (Fsp3) is 0.364. The van der Waals surface area contributed by atoms with Crippen LogP contribution in [-0.4, -0.2) is 16.4 Å². The van der Waals surface area contributed by atoms with Gasteiger partial charge in [0.25, 0.3) is 0 Å². The quantitative estimate of drug-likeness (QED) is 0.845. The Balaban J connectivity index is 2.26. The number of hydrogen-bond acceptors (Lipinski definition) is 2. The third-order valence-electron chi connectivity index (χ3n) is 2.85. The van der Waals surface area contributed by atoms with Gasteiger partial charge in [-0.05, 0) is 25.0 Å². The Morgan fingerprint density at radius 1 is 1.47 bits per heavy atom. The highest BCUT2D eigenvalue weighted by Gasteiger charge is 2.28. The molecule has 1 saturated carbocycles. The molecule has 0 amide bonds. The van der Waals surface area contributed by atoms with Gasteiger partial charge < -0.3 is 5.32 Å². The first-order valence-corrected chi connectivity index (χ1v) is 5.52. The molecule has 1 aliphatic carbocycles. The normalized spacial score (nSPS) is 15.9. The molecule has 3 nitrogen and oxygen atoms in total. The summed E-state index contributed by atoms with van der Waals surface area (Å²) in [5, 5.41) is 3.73. The van der Waals surface area contributed by atoms with Crippen molar-refractivity contribution < 1.29 is 0 Å². The van der Waals surface area contributed by atoms with Crippen LogP contribution in [0.5, 0.6) is 0 Å². The van der Waals surface area contributed by atoms with Gasteiger partial charge in [0.2, 0.25) is 0 Å². The first kappa shape index (κ1) is 9.04. The van der Waals surface area contributed by atoms with E-state index in [0.29, 0.717) is 11.1 Å². The van der Waals surface area contributed by atoms with E-state index in [2.05, 4.69) is 20.9 Å². The first-order chi connectivity index (χ1) is 7.29. The van der Waals surface area contributed by atoms with Crippen LogP contribution in [0.3, 0.4) is 0 Å². The summed E-state index contributed by atoms with van der Waals surface area (Å²) in [7, 11) is 1.91. The van der Waals surface area contributed by atoms with Gasteiger partial charge in [0.1, 0.15) is 5.82 Å². The average Bonchev–Trinajstić information content (AvgIpc) is 3.04. The number of halogens is 1. The number of nitrogens with zero attached hydrogens (tertiary/aromatic N) is 2. The lowest BCUT2D eigenvalue weighted by Crippen LogP contribution is -1.95. The summed E-state index contributed by atoms with van der Waals surface area (Å²) in [5.74, 6) is 1.71. The number of hydrogen-bond donors (Lipinski definition) is 1. The van der Waals surface area contributed by atoms with Gasteiger partial charge in [0.15, 0.2) is 5.15 Å². The molecule has 0 spiro atoms. The summed E-state index contributed by atoms with van der Waals surface area (Å²) in [6.07, 6.45) is 4.53. The molecular formula is C11H12ClN3. The van der Waals surface area contributed by atoms with Crippen molar-refractivity contribution in [3.05, 3.63) is 29.3 Å². The molecule has 2 aromatic heterocycles. The summed E-state index contributed by atoms with van der Waals surface area (Å²) in [6, 6.07) is 4.02. The molecular weight excluding hydrogens is 210 g/mol. The molecule has 0 unspecified atom stereocenters. The van der Waals surface area contributed by atoms with Crippen molar-refractivity contribution in [2.24, 2.45) is 0 Å². The number of nitrogens with one attached hydrogen (secondary N) is 1. The minimum absolute atomic E-state index is 0.608. The van der Waals surface area contributed by atoms with Crippen LogP contribution < -0.4 is 5.32 Å². The minimum Gasteiger partial charge on any atom is -0.387 e. The Morgan fingerprint density at radius 2 is 2.27 bits per heavy atom. The van der Waals surface area contributed by atoms with Crippen molar-refractivity contribution in [3.63, 3.8) is 0 Å². The van der Waals surface area contributed by atoms with Crippen LogP contribution in [0.4, 0.5) is 5.69 Å². The molecule has 2 heterocycles. The third-order valence-corrected chi connectivity index (χ3v) is 3.13. The smallest absolute Gasteiger partial charge is 0.155 e. The van der Waals surface area contributed by atoms with E-state index in [0.717, 1.165) is 17.0 Å². The zero-order valence-corrected chi connectivity index (χ0v) is 9.25. The van der Waals surface area contributed by atoms with Gasteiger partial charge in [0, 0.05) is 19.2 Å². The van der Waals surface area contributed by atoms with Crippen molar-refractivity contribution in [3.8, 4) is 0 Å². The molecule has 0 aliphatic heterocycles. The fourth-order valence-corrected chi connectivity index (χ4v) is 2.09. The second kappa shape index (κ2) is 3.14. The van der Waals surface area contributed by atoms with Crippen LogP contribution in [0.25, 0.3) is 5.52 Å². The van der Waals surface area contributed by atoms with E-state index in [1.807, 2.05) is 19.2 Å². The Kier molecular flexibility index (Phi) is 1.89. The molecule has 0 saturated heterocycles. The van der Waals surface area contributed by atoms with Crippen LogP contribution in [0, 0.1) is 0 Å². The summed E-state index contributed by atoms with van der Waals surface area (Å²) in [4.78, 5) is 4.43. The van der Waals surface area contributed by atoms with Crippen LogP contribution >= 0.6 is 11.6 Å². The molecule has 0 bridgehead atoms. The maximum Gasteiger partial charge on any atom is 0.155 e. The molecule has 1 aliphatic rings. The zero-order valence-electron chi connectivity index (χ0n) is 8.50. The van der Waals surface area contributed by atoms with Crippen LogP contribution in [0.15, 0.2) is 18.3 Å². The van der Waals surface area contributed by atoms with E-state index in [1.54, 1.807) is 0 Å². The molecule has 78 valence electrons. The van der Waals surface area contributed by atoms with Gasteiger partial charge in [-0.25, -0.2) is 4.98 Å². The number of rotatable bonds is 2. The average molecular weight is 222 g/mol. The maximum absolute atomic E-state index is 6.09. The Morgan fingerprint density at radius 3 is 2.93 bits per heavy atom. The van der Waals surface area contributed by atoms with Crippen molar-refractivity contribution >= 4 is 22.8 Å². The maximum atomic E-state index is 6.09. The Bertz CT molecular complexity index is 514. The number of pyridine rings is 1. The lowest BCUT2D eigenvalue weighted by Gasteiger charge is -2.03. The predicted octanol–water partition coefficient (Wildman–Crippen LogP) is 2.91. The highest BCUT2D eigenvalue weighted by Crippen LogP contribution is 2.40. The van der Waals surface area contributed by atoms with Crippen molar-refractivity contribution in [2.75, 3.05) is 12.4 Å². The van der Waals surface area contributed by atoms with E-state index >= 15 is 0 Å². The molecule has 3 rings (SSSR count). The molecule has 2 aromatic rings. The Hall–Kier alpha value is -1.22. The highest BCUT2D eigenvalue weighted by atomic mass is 35.5. The second-order valence-corrected chi connectivity index (χ2v) is 4.32. The van der Waals surface area contributed by atoms with Gasteiger partial charge in [0.05, 0.1) is 11.2 Å². The van der Waals surface area contributed by atoms with Crippen molar-refractivity contribution in [1.29, 1.82) is 0 Å². The number of anilines is 1. The predicted molar refractivity (Wildman–Crippen MR) is 61.7 cm³/mol. The topological polar surface area (TPSA) is 29.3 Å². The highest BCUT2D eigenvalue weighted by molar-refractivity contribution is 6.32. The summed E-state index contributed by atoms with van der Waals surface area (Å²) >= 11 is 6.09. The third kappa shape index (κ3) is 1.38. The van der Waals surface area contributed by atoms with Crippen LogP contribution in [0.1, 0.15) is 24.6 Å². The van der Waals surface area contributed by atoms with Gasteiger partial charge >= 0.3 is 0 Å². The van der Waals surface area contributed by atoms with Gasteiger partial charge in [-0.15, -0.1) is 0 Å². The molecule has 0 atom stereocenters. The lowest BCUT2D eigenvalue weighted by molar-refractivity contribution is 0.921. The SMILES string of the molecule is CNc1ccc2c(Cl)nc(C3CC3)n2c1. The van der Waals surface area contributed by atoms with Crippen molar-refractivity contribution in [2.45, 2.75) is 18.8 Å². The van der Waals surface area contributed by atoms with Gasteiger partial charge in [-0.2, -0.15) is 0 Å². The molecule has 0 aromatic carbocycles. The van der Waals surface area contributed by atoms with E-state index < -0.39 is 0 Å². The number of fused-ring (bicyclic) bond motifs is 1. The fourth-order valence-electron chi connectivity index (χ4n) is 1.85. The largest absolute Gasteiger partial charge is 0.387 e. The van der Waals surface area contributed by atoms with E-state index in [4.69, 9.17) is 11.6 Å². The lowest BCUT2D eigenvalue weighted by atomic mass is 10.3. The minimum atomic E-state index is 0.608. The molecule has 1 fully saturated rings. The summed E-state index contributed by atoms with van der Waals surface area (Å²) in [6.45, 7) is 0. The van der Waals surface area contributed by atoms with Crippen LogP contribution in [-0.2, 0) is 0 Å². The first-order valence-electron chi connectivity index (χ1n) is 5.15. The summed E-state index contributed by atoms with van der Waals surface area (Å²) < 4.78 is 2.10. The van der Waals surface area contributed by atoms with Gasteiger partial charge in [-0.1, -0.05) is 11.6 Å². The summed E-state index contributed by atoms with van der Waals surface area (Å²) in [5.41, 5.74) is 2.08. The molecule has 15 heavy (non-hydrogen) atoms. The standard InChI is InChI=1S/C11H12ClN3/c1-13-8-4-5-9-10(12)14-11(7-2-3-7)15(9)6-8/h4-7,13H,2-3H2,1H3. The molecule has 4 heteroatoms. The number of aromatic nitrogens is 2. The molecule has 0 radical (unpaired) electrons. The van der Waals surface area contributed by atoms with E-state index in [-0.39, 0.29) is 0 Å². The Labute approximate surface area is 93.1 Å². The molecule has 1 N–H and O–H groups in total. The van der Waals surface area contributed by atoms with Crippen molar-refractivity contribution in [1.82, 2.24) is 9.38 Å². The zero-order chi connectivity index (χ0) is 10.4. The van der Waals surface area contributed by atoms with E-state index in [1.165, 1.54) is 12.8 Å².